The molecule has 7 heteroatoms. The van der Waals surface area contributed by atoms with E-state index < -0.39 is 0 Å². The highest BCUT2D eigenvalue weighted by atomic mass is 19.1. The minimum absolute atomic E-state index is 0.0994. The molecule has 0 aromatic heterocycles. The van der Waals surface area contributed by atoms with Gasteiger partial charge in [-0.05, 0) is 66.8 Å². The highest BCUT2D eigenvalue weighted by Gasteiger charge is 2.38. The summed E-state index contributed by atoms with van der Waals surface area (Å²) in [5, 5.41) is 9.51. The monoisotopic (exact) mass is 458 g/mol. The van der Waals surface area contributed by atoms with Crippen molar-refractivity contribution in [1.82, 2.24) is 5.32 Å². The highest BCUT2D eigenvalue weighted by molar-refractivity contribution is 6.06. The summed E-state index contributed by atoms with van der Waals surface area (Å²) in [7, 11) is 0. The van der Waals surface area contributed by atoms with E-state index in [-0.39, 0.29) is 36.1 Å². The first kappa shape index (κ1) is 22.1. The zero-order chi connectivity index (χ0) is 23.7. The third kappa shape index (κ3) is 4.79. The number of hydrogen-bond donors (Lipinski definition) is 4. The maximum Gasteiger partial charge on any atom is 0.255 e. The molecule has 0 radical (unpaired) electrons. The Morgan fingerprint density at radius 2 is 1.85 bits per heavy atom. The van der Waals surface area contributed by atoms with E-state index >= 15 is 0 Å². The molecular weight excluding hydrogens is 431 g/mol. The number of carbonyl (C=O) groups excluding carboxylic acids is 2. The van der Waals surface area contributed by atoms with E-state index in [9.17, 15) is 14.0 Å². The van der Waals surface area contributed by atoms with Crippen LogP contribution in [0.15, 0.2) is 66.7 Å². The molecule has 0 bridgehead atoms. The first-order valence-corrected chi connectivity index (χ1v) is 11.5. The molecular formula is C27H27FN4O2. The number of rotatable bonds is 7. The van der Waals surface area contributed by atoms with Gasteiger partial charge in [0.15, 0.2) is 5.78 Å². The molecule has 1 saturated carbocycles. The average molecular weight is 459 g/mol. The predicted octanol–water partition coefficient (Wildman–Crippen LogP) is 4.10. The maximum atomic E-state index is 13.1. The highest BCUT2D eigenvalue weighted by Crippen LogP contribution is 2.40. The quantitative estimate of drug-likeness (QED) is 0.400. The standard InChI is InChI=1S/C27H27FN4O2/c28-19-10-7-16(8-11-19)20-14-25(20)30-15-26(33)23-12-9-17-5-6-18(13-24(17)31-23)27(34)32-22-4-2-1-3-21(22)29/h1-8,10-11,13,20,23,25,30-31H,9,12,14-15,29H2,(H,32,34). The molecule has 1 fully saturated rings. The van der Waals surface area contributed by atoms with Crippen LogP contribution in [0.1, 0.15) is 40.2 Å². The smallest absolute Gasteiger partial charge is 0.255 e. The number of nitrogens with one attached hydrogen (secondary N) is 3. The number of ketones is 1. The third-order valence-electron chi connectivity index (χ3n) is 6.63. The number of nitrogens with two attached hydrogens (primary N) is 1. The van der Waals surface area contributed by atoms with Gasteiger partial charge in [-0.3, -0.25) is 9.59 Å². The minimum Gasteiger partial charge on any atom is -0.397 e. The van der Waals surface area contributed by atoms with Crippen LogP contribution in [0.3, 0.4) is 0 Å². The molecule has 0 spiro atoms. The van der Waals surface area contributed by atoms with Crippen molar-refractivity contribution in [1.29, 1.82) is 0 Å². The lowest BCUT2D eigenvalue weighted by molar-refractivity contribution is -0.119. The van der Waals surface area contributed by atoms with Gasteiger partial charge >= 0.3 is 0 Å². The Morgan fingerprint density at radius 3 is 2.65 bits per heavy atom. The molecule has 3 atom stereocenters. The summed E-state index contributed by atoms with van der Waals surface area (Å²) in [6.45, 7) is 0.281. The zero-order valence-electron chi connectivity index (χ0n) is 18.7. The summed E-state index contributed by atoms with van der Waals surface area (Å²) >= 11 is 0. The largest absolute Gasteiger partial charge is 0.397 e. The first-order valence-electron chi connectivity index (χ1n) is 11.5. The topological polar surface area (TPSA) is 96.2 Å². The number of para-hydroxylation sites is 2. The predicted molar refractivity (Wildman–Crippen MR) is 132 cm³/mol. The lowest BCUT2D eigenvalue weighted by atomic mass is 9.94. The van der Waals surface area contributed by atoms with Crippen LogP contribution in [-0.2, 0) is 11.2 Å². The number of aryl methyl sites for hydroxylation is 1. The van der Waals surface area contributed by atoms with Crippen molar-refractivity contribution in [2.45, 2.75) is 37.3 Å². The van der Waals surface area contributed by atoms with Crippen LogP contribution < -0.4 is 21.7 Å². The second-order valence-corrected chi connectivity index (χ2v) is 9.00. The van der Waals surface area contributed by atoms with Crippen LogP contribution in [0.4, 0.5) is 21.5 Å². The van der Waals surface area contributed by atoms with E-state index in [0.29, 0.717) is 29.3 Å². The second-order valence-electron chi connectivity index (χ2n) is 9.00. The molecule has 5 N–H and O–H groups in total. The van der Waals surface area contributed by atoms with Gasteiger partial charge in [0, 0.05) is 23.2 Å². The molecule has 3 unspecified atom stereocenters. The minimum atomic E-state index is -0.300. The van der Waals surface area contributed by atoms with E-state index in [1.165, 1.54) is 12.1 Å². The molecule has 3 aromatic carbocycles. The summed E-state index contributed by atoms with van der Waals surface area (Å²) in [6, 6.07) is 19.1. The van der Waals surface area contributed by atoms with Gasteiger partial charge in [-0.25, -0.2) is 4.39 Å². The molecule has 5 rings (SSSR count). The molecule has 1 heterocycles. The molecule has 1 aliphatic heterocycles. The Labute approximate surface area is 197 Å². The lowest BCUT2D eigenvalue weighted by Crippen LogP contribution is -2.40. The van der Waals surface area contributed by atoms with E-state index in [2.05, 4.69) is 16.0 Å². The number of amides is 1. The van der Waals surface area contributed by atoms with Gasteiger partial charge in [0.25, 0.3) is 5.91 Å². The molecule has 34 heavy (non-hydrogen) atoms. The van der Waals surface area contributed by atoms with Crippen molar-refractivity contribution < 1.29 is 14.0 Å². The number of Topliss-reactive ketones (excluding diaryl/α,β-unsaturated/α-hetero) is 1. The molecule has 2 aliphatic rings. The van der Waals surface area contributed by atoms with Crippen LogP contribution in [-0.4, -0.2) is 30.3 Å². The zero-order valence-corrected chi connectivity index (χ0v) is 18.7. The van der Waals surface area contributed by atoms with Crippen LogP contribution in [0.25, 0.3) is 0 Å². The number of hydrogen-bond acceptors (Lipinski definition) is 5. The van der Waals surface area contributed by atoms with Crippen molar-refractivity contribution >= 4 is 28.8 Å². The molecule has 1 amide bonds. The van der Waals surface area contributed by atoms with E-state index in [1.54, 1.807) is 24.3 Å². The second kappa shape index (κ2) is 9.27. The van der Waals surface area contributed by atoms with Gasteiger partial charge in [0.05, 0.1) is 24.0 Å². The van der Waals surface area contributed by atoms with Gasteiger partial charge in [-0.2, -0.15) is 0 Å². The summed E-state index contributed by atoms with van der Waals surface area (Å²) < 4.78 is 13.1. The number of nitrogen functional groups attached to an aromatic ring is 1. The van der Waals surface area contributed by atoms with Crippen molar-refractivity contribution in [2.75, 3.05) is 22.9 Å². The van der Waals surface area contributed by atoms with Gasteiger partial charge < -0.3 is 21.7 Å². The van der Waals surface area contributed by atoms with Crippen molar-refractivity contribution in [3.8, 4) is 0 Å². The Bertz CT molecular complexity index is 1230. The van der Waals surface area contributed by atoms with E-state index in [4.69, 9.17) is 5.73 Å². The van der Waals surface area contributed by atoms with Gasteiger partial charge in [0.2, 0.25) is 0 Å². The maximum absolute atomic E-state index is 13.1. The molecule has 174 valence electrons. The van der Waals surface area contributed by atoms with Crippen molar-refractivity contribution in [2.24, 2.45) is 0 Å². The van der Waals surface area contributed by atoms with E-state index in [0.717, 1.165) is 29.7 Å². The van der Waals surface area contributed by atoms with Gasteiger partial charge in [-0.15, -0.1) is 0 Å². The first-order chi connectivity index (χ1) is 16.5. The van der Waals surface area contributed by atoms with E-state index in [1.807, 2.05) is 30.3 Å². The molecule has 6 nitrogen and oxygen atoms in total. The number of halogens is 1. The molecule has 3 aromatic rings. The average Bonchev–Trinajstić information content (AvgIpc) is 3.63. The lowest BCUT2D eigenvalue weighted by Gasteiger charge is -2.26. The van der Waals surface area contributed by atoms with Crippen LogP contribution >= 0.6 is 0 Å². The SMILES string of the molecule is Nc1ccccc1NC(=O)c1ccc2c(c1)NC(C(=O)CNC1CC1c1ccc(F)cc1)CC2. The van der Waals surface area contributed by atoms with Crippen LogP contribution in [0.5, 0.6) is 0 Å². The fourth-order valence-electron chi connectivity index (χ4n) is 4.53. The fraction of sp³-hybridized carbons (Fsp3) is 0.259. The summed E-state index contributed by atoms with van der Waals surface area (Å²) in [4.78, 5) is 25.6. The number of fused-ring (bicyclic) bond motifs is 1. The van der Waals surface area contributed by atoms with Gasteiger partial charge in [0.1, 0.15) is 5.82 Å². The Balaban J connectivity index is 1.17. The van der Waals surface area contributed by atoms with Crippen LogP contribution in [0, 0.1) is 5.82 Å². The van der Waals surface area contributed by atoms with Crippen molar-refractivity contribution in [3.63, 3.8) is 0 Å². The Kier molecular flexibility index (Phi) is 6.02. The molecule has 1 aliphatic carbocycles. The van der Waals surface area contributed by atoms with Gasteiger partial charge in [-0.1, -0.05) is 30.3 Å². The third-order valence-corrected chi connectivity index (χ3v) is 6.63. The summed E-state index contributed by atoms with van der Waals surface area (Å²) in [6.07, 6.45) is 2.43. The number of benzene rings is 3. The number of anilines is 3. The number of carbonyl (C=O) groups is 2. The summed E-state index contributed by atoms with van der Waals surface area (Å²) in [5.74, 6) is -0.0637. The Morgan fingerprint density at radius 1 is 1.06 bits per heavy atom. The normalized spacial score (nSPS) is 20.7. The summed E-state index contributed by atoms with van der Waals surface area (Å²) in [5.41, 5.74) is 10.5. The fourth-order valence-corrected chi connectivity index (χ4v) is 4.53. The molecule has 0 saturated heterocycles. The van der Waals surface area contributed by atoms with Crippen molar-refractivity contribution in [3.05, 3.63) is 89.2 Å². The Hall–Kier alpha value is -3.71. The van der Waals surface area contributed by atoms with Crippen LogP contribution in [0.2, 0.25) is 0 Å².